The second-order valence-electron chi connectivity index (χ2n) is 3.93. The monoisotopic (exact) mass is 200 g/mol. The molecular weight excluding hydrogens is 176 g/mol. The van der Waals surface area contributed by atoms with Crippen molar-refractivity contribution in [3.63, 3.8) is 0 Å². The minimum absolute atomic E-state index is 0.0259. The maximum Gasteiger partial charge on any atom is 0.156 e. The third-order valence-electron chi connectivity index (χ3n) is 2.62. The van der Waals surface area contributed by atoms with Crippen LogP contribution >= 0.6 is 0 Å². The maximum atomic E-state index is 5.12. The van der Waals surface area contributed by atoms with Crippen LogP contribution in [0.1, 0.15) is 46.5 Å². The summed E-state index contributed by atoms with van der Waals surface area (Å²) >= 11 is 0. The maximum absolute atomic E-state index is 5.12. The molecule has 0 unspecified atom stereocenters. The van der Waals surface area contributed by atoms with Crippen molar-refractivity contribution in [2.75, 3.05) is 14.2 Å². The third-order valence-corrected chi connectivity index (χ3v) is 2.62. The highest BCUT2D eigenvalue weighted by Gasteiger charge is 2.03. The van der Waals surface area contributed by atoms with E-state index in [4.69, 9.17) is 9.47 Å². The first-order chi connectivity index (χ1) is 6.61. The number of ether oxygens (including phenoxy) is 2. The van der Waals surface area contributed by atoms with E-state index < -0.39 is 0 Å². The van der Waals surface area contributed by atoms with E-state index in [1.807, 2.05) is 0 Å². The lowest BCUT2D eigenvalue weighted by Crippen LogP contribution is -2.12. The zero-order chi connectivity index (χ0) is 11.0. The standard InChI is InChI=1S/C12H24O2/c1-10(2)11(3)8-6-7-9-12(13-4)14-5/h12H,6-9H2,1-5H3. The van der Waals surface area contributed by atoms with Crippen LogP contribution in [-0.4, -0.2) is 20.5 Å². The number of hydrogen-bond donors (Lipinski definition) is 0. The summed E-state index contributed by atoms with van der Waals surface area (Å²) in [5, 5.41) is 0. The van der Waals surface area contributed by atoms with Crippen molar-refractivity contribution < 1.29 is 9.47 Å². The van der Waals surface area contributed by atoms with Gasteiger partial charge in [0.15, 0.2) is 6.29 Å². The van der Waals surface area contributed by atoms with Gasteiger partial charge in [0, 0.05) is 14.2 Å². The first-order valence-electron chi connectivity index (χ1n) is 5.30. The van der Waals surface area contributed by atoms with E-state index in [2.05, 4.69) is 20.8 Å². The minimum atomic E-state index is -0.0259. The number of methoxy groups -OCH3 is 2. The van der Waals surface area contributed by atoms with Crippen LogP contribution in [0.2, 0.25) is 0 Å². The molecule has 2 nitrogen and oxygen atoms in total. The molecule has 0 radical (unpaired) electrons. The van der Waals surface area contributed by atoms with Gasteiger partial charge in [0.1, 0.15) is 0 Å². The molecule has 0 aliphatic carbocycles. The topological polar surface area (TPSA) is 18.5 Å². The molecule has 0 heterocycles. The minimum Gasteiger partial charge on any atom is -0.356 e. The molecule has 0 spiro atoms. The van der Waals surface area contributed by atoms with Crippen molar-refractivity contribution in [3.8, 4) is 0 Å². The number of hydrogen-bond acceptors (Lipinski definition) is 2. The Hall–Kier alpha value is -0.340. The fraction of sp³-hybridized carbons (Fsp3) is 0.833. The molecule has 0 aliphatic rings. The second kappa shape index (κ2) is 8.01. The van der Waals surface area contributed by atoms with Crippen LogP contribution in [0.3, 0.4) is 0 Å². The summed E-state index contributed by atoms with van der Waals surface area (Å²) in [6, 6.07) is 0. The lowest BCUT2D eigenvalue weighted by atomic mass is 10.0. The smallest absolute Gasteiger partial charge is 0.156 e. The Labute approximate surface area is 88.3 Å². The summed E-state index contributed by atoms with van der Waals surface area (Å²) < 4.78 is 10.2. The number of rotatable bonds is 7. The molecule has 14 heavy (non-hydrogen) atoms. The summed E-state index contributed by atoms with van der Waals surface area (Å²) in [6.45, 7) is 6.55. The van der Waals surface area contributed by atoms with Gasteiger partial charge in [-0.25, -0.2) is 0 Å². The zero-order valence-electron chi connectivity index (χ0n) is 10.2. The van der Waals surface area contributed by atoms with E-state index in [0.717, 1.165) is 12.8 Å². The first kappa shape index (κ1) is 13.7. The Bertz CT molecular complexity index is 165. The summed E-state index contributed by atoms with van der Waals surface area (Å²) in [4.78, 5) is 0. The summed E-state index contributed by atoms with van der Waals surface area (Å²) in [7, 11) is 3.38. The largest absolute Gasteiger partial charge is 0.356 e. The predicted octanol–water partition coefficient (Wildman–Crippen LogP) is 3.52. The van der Waals surface area contributed by atoms with Crippen molar-refractivity contribution in [1.82, 2.24) is 0 Å². The van der Waals surface area contributed by atoms with Crippen LogP contribution in [0.25, 0.3) is 0 Å². The summed E-state index contributed by atoms with van der Waals surface area (Å²) in [5.41, 5.74) is 2.96. The predicted molar refractivity (Wildman–Crippen MR) is 60.3 cm³/mol. The molecular formula is C12H24O2. The lowest BCUT2D eigenvalue weighted by molar-refractivity contribution is -0.107. The van der Waals surface area contributed by atoms with Crippen LogP contribution < -0.4 is 0 Å². The molecule has 84 valence electrons. The number of allylic oxidation sites excluding steroid dienone is 2. The summed E-state index contributed by atoms with van der Waals surface area (Å²) in [6.07, 6.45) is 4.55. The Morgan fingerprint density at radius 3 is 2.00 bits per heavy atom. The molecule has 0 rings (SSSR count). The molecule has 0 aromatic heterocycles. The van der Waals surface area contributed by atoms with Crippen molar-refractivity contribution in [3.05, 3.63) is 11.1 Å². The fourth-order valence-electron chi connectivity index (χ4n) is 1.28. The van der Waals surface area contributed by atoms with Gasteiger partial charge in [0.05, 0.1) is 0 Å². The van der Waals surface area contributed by atoms with Crippen molar-refractivity contribution in [1.29, 1.82) is 0 Å². The molecule has 0 saturated carbocycles. The van der Waals surface area contributed by atoms with Crippen molar-refractivity contribution in [2.24, 2.45) is 0 Å². The Balaban J connectivity index is 3.51. The molecule has 0 N–H and O–H groups in total. The molecule has 0 aliphatic heterocycles. The van der Waals surface area contributed by atoms with Gasteiger partial charge in [0.25, 0.3) is 0 Å². The van der Waals surface area contributed by atoms with Crippen molar-refractivity contribution >= 4 is 0 Å². The SMILES string of the molecule is COC(CCCCC(C)=C(C)C)OC. The normalized spacial score (nSPS) is 10.7. The molecule has 0 saturated heterocycles. The van der Waals surface area contributed by atoms with Crippen molar-refractivity contribution in [2.45, 2.75) is 52.7 Å². The summed E-state index contributed by atoms with van der Waals surface area (Å²) in [5.74, 6) is 0. The second-order valence-corrected chi connectivity index (χ2v) is 3.93. The fourth-order valence-corrected chi connectivity index (χ4v) is 1.28. The van der Waals surface area contributed by atoms with Gasteiger partial charge in [-0.15, -0.1) is 0 Å². The lowest BCUT2D eigenvalue weighted by Gasteiger charge is -2.12. The van der Waals surface area contributed by atoms with Gasteiger partial charge in [0.2, 0.25) is 0 Å². The Morgan fingerprint density at radius 2 is 1.57 bits per heavy atom. The highest BCUT2D eigenvalue weighted by Crippen LogP contribution is 2.13. The molecule has 0 aromatic carbocycles. The Morgan fingerprint density at radius 1 is 1.00 bits per heavy atom. The third kappa shape index (κ3) is 6.17. The van der Waals surface area contributed by atoms with Crippen LogP contribution in [0.15, 0.2) is 11.1 Å². The molecule has 0 amide bonds. The van der Waals surface area contributed by atoms with Crippen LogP contribution in [0, 0.1) is 0 Å². The molecule has 0 bridgehead atoms. The van der Waals surface area contributed by atoms with Crippen LogP contribution in [0.5, 0.6) is 0 Å². The van der Waals surface area contributed by atoms with Gasteiger partial charge in [-0.2, -0.15) is 0 Å². The zero-order valence-corrected chi connectivity index (χ0v) is 10.2. The molecule has 0 aromatic rings. The highest BCUT2D eigenvalue weighted by molar-refractivity contribution is 5.06. The molecule has 0 atom stereocenters. The Kier molecular flexibility index (Phi) is 7.81. The van der Waals surface area contributed by atoms with E-state index in [9.17, 15) is 0 Å². The average Bonchev–Trinajstić information content (AvgIpc) is 2.17. The van der Waals surface area contributed by atoms with Crippen LogP contribution in [0.4, 0.5) is 0 Å². The van der Waals surface area contributed by atoms with E-state index in [0.29, 0.717) is 0 Å². The van der Waals surface area contributed by atoms with E-state index in [1.165, 1.54) is 24.0 Å². The quantitative estimate of drug-likeness (QED) is 0.355. The van der Waals surface area contributed by atoms with Gasteiger partial charge in [-0.3, -0.25) is 0 Å². The average molecular weight is 200 g/mol. The molecule has 0 fully saturated rings. The van der Waals surface area contributed by atoms with E-state index in [1.54, 1.807) is 14.2 Å². The van der Waals surface area contributed by atoms with Gasteiger partial charge < -0.3 is 9.47 Å². The highest BCUT2D eigenvalue weighted by atomic mass is 16.7. The van der Waals surface area contributed by atoms with E-state index in [-0.39, 0.29) is 6.29 Å². The number of unbranched alkanes of at least 4 members (excludes halogenated alkanes) is 1. The van der Waals surface area contributed by atoms with Crippen LogP contribution in [-0.2, 0) is 9.47 Å². The van der Waals surface area contributed by atoms with Gasteiger partial charge in [-0.1, -0.05) is 11.1 Å². The van der Waals surface area contributed by atoms with Gasteiger partial charge >= 0.3 is 0 Å². The van der Waals surface area contributed by atoms with E-state index >= 15 is 0 Å². The molecule has 2 heteroatoms. The first-order valence-corrected chi connectivity index (χ1v) is 5.30. The van der Waals surface area contributed by atoms with Gasteiger partial charge in [-0.05, 0) is 46.5 Å².